The summed E-state index contributed by atoms with van der Waals surface area (Å²) in [5, 5.41) is 2.98. The van der Waals surface area contributed by atoms with Gasteiger partial charge in [0.25, 0.3) is 5.91 Å². The minimum Gasteiger partial charge on any atom is -0.497 e. The van der Waals surface area contributed by atoms with Gasteiger partial charge in [0.05, 0.1) is 18.4 Å². The second-order valence-corrected chi connectivity index (χ2v) is 6.19. The molecule has 0 aliphatic carbocycles. The van der Waals surface area contributed by atoms with Crippen LogP contribution in [0.1, 0.15) is 29.4 Å². The molecule has 134 valence electrons. The molecule has 0 radical (unpaired) electrons. The van der Waals surface area contributed by atoms with Gasteiger partial charge in [-0.25, -0.2) is 0 Å². The predicted molar refractivity (Wildman–Crippen MR) is 105 cm³/mol. The van der Waals surface area contributed by atoms with E-state index in [1.54, 1.807) is 7.11 Å². The number of hydrogen-bond acceptors (Lipinski definition) is 2. The zero-order valence-electron chi connectivity index (χ0n) is 15.5. The van der Waals surface area contributed by atoms with E-state index in [-0.39, 0.29) is 5.91 Å². The lowest BCUT2D eigenvalue weighted by atomic mass is 10.1. The summed E-state index contributed by atoms with van der Waals surface area (Å²) < 4.78 is 7.49. The highest BCUT2D eigenvalue weighted by Crippen LogP contribution is 2.31. The molecule has 0 unspecified atom stereocenters. The third kappa shape index (κ3) is 3.49. The fourth-order valence-corrected chi connectivity index (χ4v) is 3.08. The minimum absolute atomic E-state index is 0.0387. The van der Waals surface area contributed by atoms with E-state index in [1.165, 1.54) is 0 Å². The van der Waals surface area contributed by atoms with Gasteiger partial charge in [-0.2, -0.15) is 0 Å². The Morgan fingerprint density at radius 1 is 1.08 bits per heavy atom. The molecule has 4 heteroatoms. The number of hydrogen-bond donors (Lipinski definition) is 1. The highest BCUT2D eigenvalue weighted by atomic mass is 16.5. The molecule has 1 N–H and O–H groups in total. The predicted octanol–water partition coefficient (Wildman–Crippen LogP) is 4.60. The maximum absolute atomic E-state index is 12.6. The number of para-hydroxylation sites is 1. The van der Waals surface area contributed by atoms with E-state index in [0.29, 0.717) is 12.1 Å². The van der Waals surface area contributed by atoms with E-state index < -0.39 is 0 Å². The summed E-state index contributed by atoms with van der Waals surface area (Å²) in [6, 6.07) is 19.9. The molecule has 26 heavy (non-hydrogen) atoms. The number of benzene rings is 2. The SMILES string of the molecule is CCCNC(=O)c1cc(-c2cccc(OC)c2)n(-c2ccccc2)c1C. The van der Waals surface area contributed by atoms with E-state index in [2.05, 4.69) is 9.88 Å². The van der Waals surface area contributed by atoms with Crippen molar-refractivity contribution in [1.82, 2.24) is 9.88 Å². The van der Waals surface area contributed by atoms with E-state index in [4.69, 9.17) is 4.74 Å². The van der Waals surface area contributed by atoms with E-state index in [1.807, 2.05) is 74.5 Å². The average Bonchev–Trinajstić information content (AvgIpc) is 3.04. The number of carbonyl (C=O) groups is 1. The first-order valence-corrected chi connectivity index (χ1v) is 8.86. The minimum atomic E-state index is -0.0387. The lowest BCUT2D eigenvalue weighted by Gasteiger charge is -2.13. The molecular formula is C22H24N2O2. The van der Waals surface area contributed by atoms with Gasteiger partial charge in [0.1, 0.15) is 5.75 Å². The molecule has 3 aromatic rings. The van der Waals surface area contributed by atoms with Crippen molar-refractivity contribution in [1.29, 1.82) is 0 Å². The van der Waals surface area contributed by atoms with Crippen molar-refractivity contribution in [3.8, 4) is 22.7 Å². The highest BCUT2D eigenvalue weighted by molar-refractivity contribution is 5.97. The molecule has 0 saturated carbocycles. The van der Waals surface area contributed by atoms with Crippen LogP contribution in [0.25, 0.3) is 16.9 Å². The van der Waals surface area contributed by atoms with Crippen molar-refractivity contribution in [2.45, 2.75) is 20.3 Å². The number of nitrogens with one attached hydrogen (secondary N) is 1. The summed E-state index contributed by atoms with van der Waals surface area (Å²) in [7, 11) is 1.66. The van der Waals surface area contributed by atoms with Gasteiger partial charge < -0.3 is 14.6 Å². The van der Waals surface area contributed by atoms with E-state index >= 15 is 0 Å². The number of methoxy groups -OCH3 is 1. The fourth-order valence-electron chi connectivity index (χ4n) is 3.08. The van der Waals surface area contributed by atoms with Crippen LogP contribution in [-0.4, -0.2) is 24.1 Å². The van der Waals surface area contributed by atoms with Gasteiger partial charge in [-0.05, 0) is 43.7 Å². The summed E-state index contributed by atoms with van der Waals surface area (Å²) in [6.45, 7) is 4.70. The van der Waals surface area contributed by atoms with Crippen LogP contribution >= 0.6 is 0 Å². The van der Waals surface area contributed by atoms with Crippen LogP contribution in [0.15, 0.2) is 60.7 Å². The van der Waals surface area contributed by atoms with Gasteiger partial charge in [-0.15, -0.1) is 0 Å². The molecule has 0 fully saturated rings. The zero-order chi connectivity index (χ0) is 18.5. The molecule has 0 aliphatic rings. The van der Waals surface area contributed by atoms with Crippen molar-refractivity contribution in [2.24, 2.45) is 0 Å². The molecule has 1 aromatic heterocycles. The van der Waals surface area contributed by atoms with Crippen LogP contribution in [0.5, 0.6) is 5.75 Å². The van der Waals surface area contributed by atoms with Crippen LogP contribution < -0.4 is 10.1 Å². The van der Waals surface area contributed by atoms with Crippen molar-refractivity contribution < 1.29 is 9.53 Å². The molecule has 0 aliphatic heterocycles. The number of carbonyl (C=O) groups excluding carboxylic acids is 1. The molecule has 4 nitrogen and oxygen atoms in total. The van der Waals surface area contributed by atoms with Crippen LogP contribution in [0.3, 0.4) is 0 Å². The smallest absolute Gasteiger partial charge is 0.253 e. The molecule has 0 saturated heterocycles. The van der Waals surface area contributed by atoms with Crippen LogP contribution in [-0.2, 0) is 0 Å². The molecule has 3 rings (SSSR count). The van der Waals surface area contributed by atoms with Crippen LogP contribution in [0.4, 0.5) is 0 Å². The standard InChI is InChI=1S/C22H24N2O2/c1-4-13-23-22(25)20-15-21(17-9-8-12-19(14-17)26-3)24(16(20)2)18-10-6-5-7-11-18/h5-12,14-15H,4,13H2,1-3H3,(H,23,25). The summed E-state index contributed by atoms with van der Waals surface area (Å²) >= 11 is 0. The third-order valence-electron chi connectivity index (χ3n) is 4.41. The monoisotopic (exact) mass is 348 g/mol. The topological polar surface area (TPSA) is 43.3 Å². The molecule has 0 bridgehead atoms. The molecule has 0 atom stereocenters. The first-order valence-electron chi connectivity index (χ1n) is 8.86. The average molecular weight is 348 g/mol. The zero-order valence-corrected chi connectivity index (χ0v) is 15.5. The summed E-state index contributed by atoms with van der Waals surface area (Å²) in [6.07, 6.45) is 0.910. The van der Waals surface area contributed by atoms with Crippen molar-refractivity contribution in [2.75, 3.05) is 13.7 Å². The Balaban J connectivity index is 2.17. The summed E-state index contributed by atoms with van der Waals surface area (Å²) in [5.41, 5.74) is 4.61. The van der Waals surface area contributed by atoms with Gasteiger partial charge in [0, 0.05) is 23.5 Å². The number of nitrogens with zero attached hydrogens (tertiary/aromatic N) is 1. The Labute approximate surface area is 154 Å². The Morgan fingerprint density at radius 3 is 2.54 bits per heavy atom. The van der Waals surface area contributed by atoms with Crippen molar-refractivity contribution in [3.05, 3.63) is 71.9 Å². The normalized spacial score (nSPS) is 10.6. The van der Waals surface area contributed by atoms with Gasteiger partial charge in [0.2, 0.25) is 0 Å². The molecular weight excluding hydrogens is 324 g/mol. The lowest BCUT2D eigenvalue weighted by Crippen LogP contribution is -2.24. The highest BCUT2D eigenvalue weighted by Gasteiger charge is 2.19. The van der Waals surface area contributed by atoms with Gasteiger partial charge >= 0.3 is 0 Å². The van der Waals surface area contributed by atoms with Crippen molar-refractivity contribution in [3.63, 3.8) is 0 Å². The van der Waals surface area contributed by atoms with Gasteiger partial charge in [-0.3, -0.25) is 4.79 Å². The number of aromatic nitrogens is 1. The fraction of sp³-hybridized carbons (Fsp3) is 0.227. The number of rotatable bonds is 6. The number of ether oxygens (including phenoxy) is 1. The first-order chi connectivity index (χ1) is 12.7. The van der Waals surface area contributed by atoms with Crippen LogP contribution in [0.2, 0.25) is 0 Å². The Morgan fingerprint density at radius 2 is 1.85 bits per heavy atom. The molecule has 0 spiro atoms. The summed E-state index contributed by atoms with van der Waals surface area (Å²) in [5.74, 6) is 0.751. The van der Waals surface area contributed by atoms with E-state index in [0.717, 1.165) is 34.8 Å². The van der Waals surface area contributed by atoms with Crippen molar-refractivity contribution >= 4 is 5.91 Å². The largest absolute Gasteiger partial charge is 0.497 e. The lowest BCUT2D eigenvalue weighted by molar-refractivity contribution is 0.0953. The number of amides is 1. The maximum atomic E-state index is 12.6. The molecule has 1 amide bonds. The summed E-state index contributed by atoms with van der Waals surface area (Å²) in [4.78, 5) is 12.6. The second-order valence-electron chi connectivity index (χ2n) is 6.19. The van der Waals surface area contributed by atoms with Crippen LogP contribution in [0, 0.1) is 6.92 Å². The Kier molecular flexibility index (Phi) is 5.42. The third-order valence-corrected chi connectivity index (χ3v) is 4.41. The molecule has 1 heterocycles. The maximum Gasteiger partial charge on any atom is 0.253 e. The Bertz CT molecular complexity index is 898. The second kappa shape index (κ2) is 7.91. The Hall–Kier alpha value is -3.01. The quantitative estimate of drug-likeness (QED) is 0.707. The molecule has 2 aromatic carbocycles. The van der Waals surface area contributed by atoms with E-state index in [9.17, 15) is 4.79 Å². The van der Waals surface area contributed by atoms with Gasteiger partial charge in [-0.1, -0.05) is 37.3 Å². The first kappa shape index (κ1) is 17.8. The van der Waals surface area contributed by atoms with Gasteiger partial charge in [0.15, 0.2) is 0 Å².